The van der Waals surface area contributed by atoms with E-state index in [1.165, 1.54) is 6.42 Å². The molecule has 0 aliphatic heterocycles. The van der Waals surface area contributed by atoms with Gasteiger partial charge in [0.25, 0.3) is 0 Å². The summed E-state index contributed by atoms with van der Waals surface area (Å²) in [4.78, 5) is 12.1. The molecule has 0 aliphatic carbocycles. The SMILES string of the molecule is Cc1nn(CCC#N)c(C)c1CCC(=O)NC(C)CCCC(C)C. The molecule has 0 aliphatic rings. The van der Waals surface area contributed by atoms with Crippen LogP contribution in [0.5, 0.6) is 0 Å². The largest absolute Gasteiger partial charge is 0.354 e. The highest BCUT2D eigenvalue weighted by Gasteiger charge is 2.14. The summed E-state index contributed by atoms with van der Waals surface area (Å²) in [6.07, 6.45) is 5.04. The molecule has 1 N–H and O–H groups in total. The maximum absolute atomic E-state index is 12.1. The van der Waals surface area contributed by atoms with Crippen LogP contribution in [0, 0.1) is 31.1 Å². The van der Waals surface area contributed by atoms with Gasteiger partial charge in [-0.1, -0.05) is 26.7 Å². The highest BCUT2D eigenvalue weighted by Crippen LogP contribution is 2.16. The molecular weight excluding hydrogens is 300 g/mol. The van der Waals surface area contributed by atoms with Crippen LogP contribution >= 0.6 is 0 Å². The molecule has 0 saturated heterocycles. The number of hydrogen-bond donors (Lipinski definition) is 1. The molecule has 1 aromatic heterocycles. The minimum absolute atomic E-state index is 0.107. The van der Waals surface area contributed by atoms with Crippen LogP contribution in [0.4, 0.5) is 0 Å². The Morgan fingerprint density at radius 2 is 2.00 bits per heavy atom. The Labute approximate surface area is 146 Å². The zero-order valence-electron chi connectivity index (χ0n) is 15.9. The van der Waals surface area contributed by atoms with Crippen molar-refractivity contribution in [1.82, 2.24) is 15.1 Å². The molecule has 0 spiro atoms. The van der Waals surface area contributed by atoms with Crippen molar-refractivity contribution in [3.63, 3.8) is 0 Å². The van der Waals surface area contributed by atoms with E-state index in [4.69, 9.17) is 5.26 Å². The fourth-order valence-corrected chi connectivity index (χ4v) is 2.96. The highest BCUT2D eigenvalue weighted by molar-refractivity contribution is 5.76. The number of carbonyl (C=O) groups is 1. The van der Waals surface area contributed by atoms with Gasteiger partial charge >= 0.3 is 0 Å². The van der Waals surface area contributed by atoms with E-state index in [0.29, 0.717) is 25.8 Å². The van der Waals surface area contributed by atoms with Crippen LogP contribution in [0.25, 0.3) is 0 Å². The van der Waals surface area contributed by atoms with E-state index in [9.17, 15) is 4.79 Å². The van der Waals surface area contributed by atoms with Crippen molar-refractivity contribution in [2.45, 2.75) is 85.7 Å². The maximum atomic E-state index is 12.1. The lowest BCUT2D eigenvalue weighted by Gasteiger charge is -2.14. The van der Waals surface area contributed by atoms with Gasteiger partial charge < -0.3 is 5.32 Å². The van der Waals surface area contributed by atoms with Crippen LogP contribution in [0.3, 0.4) is 0 Å². The zero-order chi connectivity index (χ0) is 18.1. The second-order valence-corrected chi connectivity index (χ2v) is 7.07. The smallest absolute Gasteiger partial charge is 0.220 e. The molecule has 1 unspecified atom stereocenters. The number of amides is 1. The molecule has 24 heavy (non-hydrogen) atoms. The zero-order valence-corrected chi connectivity index (χ0v) is 15.9. The number of aromatic nitrogens is 2. The molecule has 0 radical (unpaired) electrons. The Balaban J connectivity index is 2.44. The van der Waals surface area contributed by atoms with Gasteiger partial charge in [0.15, 0.2) is 0 Å². The van der Waals surface area contributed by atoms with Gasteiger partial charge in [-0.2, -0.15) is 10.4 Å². The van der Waals surface area contributed by atoms with Crippen LogP contribution in [0.2, 0.25) is 0 Å². The average molecular weight is 332 g/mol. The van der Waals surface area contributed by atoms with Crippen LogP contribution < -0.4 is 5.32 Å². The molecule has 1 aromatic rings. The minimum Gasteiger partial charge on any atom is -0.354 e. The molecule has 0 bridgehead atoms. The third-order valence-corrected chi connectivity index (χ3v) is 4.39. The Bertz CT molecular complexity index is 569. The fourth-order valence-electron chi connectivity index (χ4n) is 2.96. The van der Waals surface area contributed by atoms with Gasteiger partial charge in [-0.3, -0.25) is 9.48 Å². The van der Waals surface area contributed by atoms with Crippen molar-refractivity contribution in [1.29, 1.82) is 5.26 Å². The number of nitrogens with one attached hydrogen (secondary N) is 1. The van der Waals surface area contributed by atoms with Crippen molar-refractivity contribution in [3.8, 4) is 6.07 Å². The fraction of sp³-hybridized carbons (Fsp3) is 0.737. The van der Waals surface area contributed by atoms with Crippen molar-refractivity contribution in [3.05, 3.63) is 17.0 Å². The quantitative estimate of drug-likeness (QED) is 0.710. The van der Waals surface area contributed by atoms with Crippen LogP contribution in [-0.4, -0.2) is 21.7 Å². The second-order valence-electron chi connectivity index (χ2n) is 7.07. The van der Waals surface area contributed by atoms with Crippen molar-refractivity contribution in [2.75, 3.05) is 0 Å². The number of rotatable bonds is 10. The summed E-state index contributed by atoms with van der Waals surface area (Å²) >= 11 is 0. The first-order chi connectivity index (χ1) is 11.3. The Morgan fingerprint density at radius 1 is 1.29 bits per heavy atom. The predicted octanol–water partition coefficient (Wildman–Crippen LogP) is 3.68. The number of aryl methyl sites for hydroxylation is 2. The summed E-state index contributed by atoms with van der Waals surface area (Å²) in [5.41, 5.74) is 3.17. The van der Waals surface area contributed by atoms with Crippen molar-refractivity contribution < 1.29 is 4.79 Å². The van der Waals surface area contributed by atoms with Crippen LogP contribution in [0.15, 0.2) is 0 Å². The first-order valence-electron chi connectivity index (χ1n) is 9.04. The Kier molecular flexibility index (Phi) is 8.53. The van der Waals surface area contributed by atoms with Gasteiger partial charge in [-0.05, 0) is 45.1 Å². The third-order valence-electron chi connectivity index (χ3n) is 4.39. The van der Waals surface area contributed by atoms with E-state index >= 15 is 0 Å². The van der Waals surface area contributed by atoms with E-state index in [1.54, 1.807) is 0 Å². The molecular formula is C19H32N4O. The van der Waals surface area contributed by atoms with Gasteiger partial charge in [-0.15, -0.1) is 0 Å². The molecule has 1 amide bonds. The van der Waals surface area contributed by atoms with E-state index in [-0.39, 0.29) is 11.9 Å². The lowest BCUT2D eigenvalue weighted by Crippen LogP contribution is -2.32. The Morgan fingerprint density at radius 3 is 2.62 bits per heavy atom. The molecule has 5 heteroatoms. The van der Waals surface area contributed by atoms with Crippen LogP contribution in [0.1, 0.15) is 69.8 Å². The summed E-state index contributed by atoms with van der Waals surface area (Å²) in [5, 5.41) is 16.3. The standard InChI is InChI=1S/C19H32N4O/c1-14(2)8-6-9-15(3)21-19(24)11-10-18-16(4)22-23(17(18)5)13-7-12-20/h14-15H,6-11,13H2,1-5H3,(H,21,24). The normalized spacial score (nSPS) is 12.2. The second kappa shape index (κ2) is 10.1. The number of nitriles is 1. The van der Waals surface area contributed by atoms with Crippen molar-refractivity contribution in [2.24, 2.45) is 5.92 Å². The molecule has 1 heterocycles. The van der Waals surface area contributed by atoms with Gasteiger partial charge in [0, 0.05) is 18.2 Å². The van der Waals surface area contributed by atoms with Gasteiger partial charge in [0.1, 0.15) is 0 Å². The molecule has 0 fully saturated rings. The minimum atomic E-state index is 0.107. The van der Waals surface area contributed by atoms with E-state index in [0.717, 1.165) is 35.7 Å². The number of nitrogens with zero attached hydrogens (tertiary/aromatic N) is 3. The topological polar surface area (TPSA) is 70.7 Å². The maximum Gasteiger partial charge on any atom is 0.220 e. The first kappa shape index (κ1) is 20.2. The lowest BCUT2D eigenvalue weighted by atomic mass is 10.0. The van der Waals surface area contributed by atoms with Gasteiger partial charge in [0.05, 0.1) is 24.7 Å². The number of carbonyl (C=O) groups excluding carboxylic acids is 1. The predicted molar refractivity (Wildman–Crippen MR) is 96.5 cm³/mol. The van der Waals surface area contributed by atoms with Crippen molar-refractivity contribution >= 4 is 5.91 Å². The average Bonchev–Trinajstić information content (AvgIpc) is 2.76. The van der Waals surface area contributed by atoms with Gasteiger partial charge in [-0.25, -0.2) is 0 Å². The van der Waals surface area contributed by atoms with Crippen LogP contribution in [-0.2, 0) is 17.8 Å². The number of hydrogen-bond acceptors (Lipinski definition) is 3. The summed E-state index contributed by atoms with van der Waals surface area (Å²) in [5.74, 6) is 0.826. The molecule has 0 aromatic carbocycles. The highest BCUT2D eigenvalue weighted by atomic mass is 16.1. The lowest BCUT2D eigenvalue weighted by molar-refractivity contribution is -0.121. The summed E-state index contributed by atoms with van der Waals surface area (Å²) in [6.45, 7) is 11.1. The molecule has 0 saturated carbocycles. The molecule has 1 rings (SSSR count). The third kappa shape index (κ3) is 6.74. The summed E-state index contributed by atoms with van der Waals surface area (Å²) in [7, 11) is 0. The van der Waals surface area contributed by atoms with E-state index < -0.39 is 0 Å². The summed E-state index contributed by atoms with van der Waals surface area (Å²) in [6, 6.07) is 2.38. The molecule has 134 valence electrons. The first-order valence-corrected chi connectivity index (χ1v) is 9.04. The summed E-state index contributed by atoms with van der Waals surface area (Å²) < 4.78 is 1.88. The Hall–Kier alpha value is -1.83. The monoisotopic (exact) mass is 332 g/mol. The van der Waals surface area contributed by atoms with E-state index in [1.807, 2.05) is 18.5 Å². The van der Waals surface area contributed by atoms with Gasteiger partial charge in [0.2, 0.25) is 5.91 Å². The molecule has 5 nitrogen and oxygen atoms in total. The molecule has 1 atom stereocenters. The van der Waals surface area contributed by atoms with E-state index in [2.05, 4.69) is 37.3 Å².